The van der Waals surface area contributed by atoms with Crippen LogP contribution in [0.3, 0.4) is 0 Å². The number of fused-ring (bicyclic) bond motifs is 1. The summed E-state index contributed by atoms with van der Waals surface area (Å²) in [6.07, 6.45) is -0.401. The summed E-state index contributed by atoms with van der Waals surface area (Å²) in [5, 5.41) is 13.1. The highest BCUT2D eigenvalue weighted by atomic mass is 32.1. The first kappa shape index (κ1) is 18.4. The number of aromatic nitrogens is 2. The third-order valence-corrected chi connectivity index (χ3v) is 5.86. The molecule has 0 saturated heterocycles. The minimum Gasteiger partial charge on any atom is -0.332 e. The Kier molecular flexibility index (Phi) is 4.91. The average Bonchev–Trinajstić information content (AvgIpc) is 3.21. The van der Waals surface area contributed by atoms with Crippen LogP contribution in [-0.4, -0.2) is 27.9 Å². The van der Waals surface area contributed by atoms with E-state index in [0.29, 0.717) is 11.6 Å². The number of rotatable bonds is 4. The van der Waals surface area contributed by atoms with Gasteiger partial charge in [0.2, 0.25) is 5.13 Å². The van der Waals surface area contributed by atoms with E-state index in [-0.39, 0.29) is 5.78 Å². The Morgan fingerprint density at radius 2 is 1.47 bits per heavy atom. The van der Waals surface area contributed by atoms with Gasteiger partial charge in [0.05, 0.1) is 5.71 Å². The van der Waals surface area contributed by atoms with E-state index in [0.717, 1.165) is 33.0 Å². The molecule has 0 bridgehead atoms. The van der Waals surface area contributed by atoms with Crippen molar-refractivity contribution in [3.05, 3.63) is 102 Å². The SMILES string of the molecule is O=C1Cc2ccccc2C(c2ccccc2)=NC1Nc1nnc(-c2ccccc2)s1. The fourth-order valence-electron chi connectivity index (χ4n) is 3.50. The van der Waals surface area contributed by atoms with Crippen molar-refractivity contribution < 1.29 is 4.79 Å². The van der Waals surface area contributed by atoms with Crippen LogP contribution in [0.5, 0.6) is 0 Å². The van der Waals surface area contributed by atoms with E-state index in [9.17, 15) is 4.79 Å². The number of benzene rings is 3. The Hall–Kier alpha value is -3.64. The Labute approximate surface area is 178 Å². The zero-order chi connectivity index (χ0) is 20.3. The molecule has 2 heterocycles. The molecule has 5 rings (SSSR count). The van der Waals surface area contributed by atoms with Crippen LogP contribution >= 0.6 is 11.3 Å². The van der Waals surface area contributed by atoms with Gasteiger partial charge in [-0.3, -0.25) is 9.79 Å². The van der Waals surface area contributed by atoms with E-state index in [1.165, 1.54) is 11.3 Å². The molecule has 146 valence electrons. The third-order valence-electron chi connectivity index (χ3n) is 4.95. The van der Waals surface area contributed by atoms with Crippen molar-refractivity contribution in [1.29, 1.82) is 0 Å². The van der Waals surface area contributed by atoms with Crippen LogP contribution in [-0.2, 0) is 11.2 Å². The van der Waals surface area contributed by atoms with Gasteiger partial charge in [-0.05, 0) is 5.56 Å². The summed E-state index contributed by atoms with van der Waals surface area (Å²) in [4.78, 5) is 17.9. The summed E-state index contributed by atoms with van der Waals surface area (Å²) in [6.45, 7) is 0. The summed E-state index contributed by atoms with van der Waals surface area (Å²) < 4.78 is 0. The minimum atomic E-state index is -0.718. The zero-order valence-electron chi connectivity index (χ0n) is 16.0. The quantitative estimate of drug-likeness (QED) is 0.534. The monoisotopic (exact) mass is 410 g/mol. The molecule has 1 aliphatic rings. The maximum Gasteiger partial charge on any atom is 0.207 e. The van der Waals surface area contributed by atoms with Crippen molar-refractivity contribution in [3.63, 3.8) is 0 Å². The normalized spacial score (nSPS) is 15.8. The highest BCUT2D eigenvalue weighted by Gasteiger charge is 2.26. The van der Waals surface area contributed by atoms with E-state index in [4.69, 9.17) is 4.99 Å². The second kappa shape index (κ2) is 8.00. The predicted octanol–water partition coefficient (Wildman–Crippen LogP) is 4.61. The lowest BCUT2D eigenvalue weighted by molar-refractivity contribution is -0.118. The predicted molar refractivity (Wildman–Crippen MR) is 120 cm³/mol. The number of nitrogens with one attached hydrogen (secondary N) is 1. The number of aliphatic imine (C=N–C) groups is 1. The molecule has 0 fully saturated rings. The number of hydrogen-bond acceptors (Lipinski definition) is 6. The van der Waals surface area contributed by atoms with Crippen LogP contribution in [0.4, 0.5) is 5.13 Å². The van der Waals surface area contributed by atoms with Crippen molar-refractivity contribution in [3.8, 4) is 10.6 Å². The van der Waals surface area contributed by atoms with Crippen molar-refractivity contribution in [2.24, 2.45) is 4.99 Å². The Morgan fingerprint density at radius 3 is 2.23 bits per heavy atom. The zero-order valence-corrected chi connectivity index (χ0v) is 16.8. The Bertz CT molecular complexity index is 1220. The largest absolute Gasteiger partial charge is 0.332 e. The topological polar surface area (TPSA) is 67.2 Å². The molecule has 6 heteroatoms. The smallest absolute Gasteiger partial charge is 0.207 e. The Balaban J connectivity index is 1.51. The molecule has 3 aromatic carbocycles. The molecule has 4 aromatic rings. The van der Waals surface area contributed by atoms with E-state index < -0.39 is 6.17 Å². The lowest BCUT2D eigenvalue weighted by Gasteiger charge is -2.12. The summed E-state index contributed by atoms with van der Waals surface area (Å²) in [6, 6.07) is 27.8. The number of carbonyl (C=O) groups is 1. The van der Waals surface area contributed by atoms with E-state index >= 15 is 0 Å². The summed E-state index contributed by atoms with van der Waals surface area (Å²) in [5.74, 6) is 0.00448. The highest BCUT2D eigenvalue weighted by molar-refractivity contribution is 7.18. The number of nitrogens with zero attached hydrogens (tertiary/aromatic N) is 3. The van der Waals surface area contributed by atoms with Crippen LogP contribution in [0.2, 0.25) is 0 Å². The Morgan fingerprint density at radius 1 is 0.800 bits per heavy atom. The average molecular weight is 411 g/mol. The summed E-state index contributed by atoms with van der Waals surface area (Å²) in [5.41, 5.74) is 4.76. The maximum absolute atomic E-state index is 13.0. The van der Waals surface area contributed by atoms with Gasteiger partial charge in [0.15, 0.2) is 11.9 Å². The molecule has 0 aliphatic carbocycles. The first-order valence-corrected chi connectivity index (χ1v) is 10.5. The lowest BCUT2D eigenvalue weighted by atomic mass is 9.96. The summed E-state index contributed by atoms with van der Waals surface area (Å²) >= 11 is 1.41. The standard InChI is InChI=1S/C24H18N4OS/c29-20-15-18-13-7-8-14-19(18)21(16-9-3-1-4-10-16)25-22(20)26-24-28-27-23(30-24)17-11-5-2-6-12-17/h1-14,22H,15H2,(H,26,28). The number of Topliss-reactive ketones (excluding diaryl/α,β-unsaturated/α-hetero) is 1. The van der Waals surface area contributed by atoms with Gasteiger partial charge in [-0.2, -0.15) is 0 Å². The number of hydrogen-bond donors (Lipinski definition) is 1. The molecule has 0 saturated carbocycles. The molecular weight excluding hydrogens is 392 g/mol. The van der Waals surface area contributed by atoms with Gasteiger partial charge in [-0.25, -0.2) is 0 Å². The van der Waals surface area contributed by atoms with Crippen molar-refractivity contribution in [2.45, 2.75) is 12.6 Å². The molecule has 1 atom stereocenters. The van der Waals surface area contributed by atoms with Crippen molar-refractivity contribution >= 4 is 28.0 Å². The van der Waals surface area contributed by atoms with E-state index in [1.54, 1.807) is 0 Å². The first-order chi connectivity index (χ1) is 14.8. The van der Waals surface area contributed by atoms with Gasteiger partial charge in [0, 0.05) is 23.1 Å². The molecule has 0 spiro atoms. The summed E-state index contributed by atoms with van der Waals surface area (Å²) in [7, 11) is 0. The van der Waals surface area contributed by atoms with Crippen LogP contribution in [0.25, 0.3) is 10.6 Å². The molecule has 1 unspecified atom stereocenters. The van der Waals surface area contributed by atoms with Crippen LogP contribution < -0.4 is 5.32 Å². The second-order valence-corrected chi connectivity index (χ2v) is 7.95. The first-order valence-electron chi connectivity index (χ1n) is 9.67. The van der Waals surface area contributed by atoms with Crippen molar-refractivity contribution in [2.75, 3.05) is 5.32 Å². The number of carbonyl (C=O) groups excluding carboxylic acids is 1. The van der Waals surface area contributed by atoms with E-state index in [1.807, 2.05) is 84.9 Å². The van der Waals surface area contributed by atoms with Crippen molar-refractivity contribution in [1.82, 2.24) is 10.2 Å². The molecule has 30 heavy (non-hydrogen) atoms. The molecule has 5 nitrogen and oxygen atoms in total. The molecule has 1 N–H and O–H groups in total. The fraction of sp³-hybridized carbons (Fsp3) is 0.0833. The van der Waals surface area contributed by atoms with Gasteiger partial charge in [0.25, 0.3) is 0 Å². The van der Waals surface area contributed by atoms with Gasteiger partial charge in [0.1, 0.15) is 5.01 Å². The minimum absolute atomic E-state index is 0.00448. The molecule has 0 amide bonds. The van der Waals surface area contributed by atoms with Crippen LogP contribution in [0, 0.1) is 0 Å². The van der Waals surface area contributed by atoms with E-state index in [2.05, 4.69) is 15.5 Å². The van der Waals surface area contributed by atoms with Gasteiger partial charge in [-0.1, -0.05) is 96.3 Å². The maximum atomic E-state index is 13.0. The third kappa shape index (κ3) is 3.65. The van der Waals surface area contributed by atoms with Crippen LogP contribution in [0.15, 0.2) is 89.9 Å². The fourth-order valence-corrected chi connectivity index (χ4v) is 4.27. The molecular formula is C24H18N4OS. The molecule has 1 aromatic heterocycles. The number of ketones is 1. The second-order valence-electron chi connectivity index (χ2n) is 6.97. The highest BCUT2D eigenvalue weighted by Crippen LogP contribution is 2.28. The van der Waals surface area contributed by atoms with Gasteiger partial charge in [-0.15, -0.1) is 10.2 Å². The van der Waals surface area contributed by atoms with Gasteiger partial charge >= 0.3 is 0 Å². The number of anilines is 1. The molecule has 1 aliphatic heterocycles. The van der Waals surface area contributed by atoms with Crippen LogP contribution in [0.1, 0.15) is 16.7 Å². The van der Waals surface area contributed by atoms with Gasteiger partial charge < -0.3 is 5.32 Å². The lowest BCUT2D eigenvalue weighted by Crippen LogP contribution is -2.28. The molecule has 0 radical (unpaired) electrons.